The molecule has 1 aromatic carbocycles. The third-order valence-corrected chi connectivity index (χ3v) is 2.06. The van der Waals surface area contributed by atoms with E-state index in [2.05, 4.69) is 5.32 Å². The van der Waals surface area contributed by atoms with Gasteiger partial charge in [-0.3, -0.25) is 0 Å². The van der Waals surface area contributed by atoms with Crippen molar-refractivity contribution in [2.24, 2.45) is 0 Å². The van der Waals surface area contributed by atoms with Crippen LogP contribution in [0.5, 0.6) is 0 Å². The van der Waals surface area contributed by atoms with Crippen LogP contribution in [0.2, 0.25) is 0 Å². The maximum Gasteiger partial charge on any atom is 0.336 e. The number of fused-ring (bicyclic) bond motifs is 1. The summed E-state index contributed by atoms with van der Waals surface area (Å²) in [5, 5.41) is 12.5. The van der Waals surface area contributed by atoms with E-state index in [4.69, 9.17) is 9.52 Å². The maximum absolute atomic E-state index is 11.0. The van der Waals surface area contributed by atoms with Gasteiger partial charge in [0.1, 0.15) is 5.58 Å². The summed E-state index contributed by atoms with van der Waals surface area (Å²) in [5.41, 5.74) is 1.01. The van der Waals surface area contributed by atoms with Crippen LogP contribution in [0.3, 0.4) is 0 Å². The van der Waals surface area contributed by atoms with Crippen LogP contribution in [0, 0.1) is 0 Å². The summed E-state index contributed by atoms with van der Waals surface area (Å²) in [5.74, 6) is 0. The van der Waals surface area contributed by atoms with Gasteiger partial charge in [0, 0.05) is 29.8 Å². The molecule has 4 heteroatoms. The van der Waals surface area contributed by atoms with Gasteiger partial charge in [0.25, 0.3) is 0 Å². The first kappa shape index (κ1) is 9.73. The van der Waals surface area contributed by atoms with Crippen molar-refractivity contribution in [2.45, 2.75) is 0 Å². The Morgan fingerprint density at radius 2 is 2.07 bits per heavy atom. The van der Waals surface area contributed by atoms with Crippen LogP contribution in [0.25, 0.3) is 11.0 Å². The summed E-state index contributed by atoms with van der Waals surface area (Å²) in [6, 6.07) is 8.59. The first-order valence-electron chi connectivity index (χ1n) is 4.68. The quantitative estimate of drug-likeness (QED) is 0.739. The lowest BCUT2D eigenvalue weighted by atomic mass is 10.2. The smallest absolute Gasteiger partial charge is 0.336 e. The molecule has 15 heavy (non-hydrogen) atoms. The van der Waals surface area contributed by atoms with Gasteiger partial charge in [0.05, 0.1) is 6.61 Å². The van der Waals surface area contributed by atoms with Crippen LogP contribution in [-0.4, -0.2) is 18.3 Å². The highest BCUT2D eigenvalue weighted by Crippen LogP contribution is 2.17. The molecular weight excluding hydrogens is 194 g/mol. The number of hydrogen-bond donors (Lipinski definition) is 2. The summed E-state index contributed by atoms with van der Waals surface area (Å²) in [6.45, 7) is 0.541. The monoisotopic (exact) mass is 205 g/mol. The minimum atomic E-state index is -0.359. The lowest BCUT2D eigenvalue weighted by Crippen LogP contribution is -2.05. The lowest BCUT2D eigenvalue weighted by Gasteiger charge is -2.04. The minimum Gasteiger partial charge on any atom is -0.423 e. The number of aliphatic hydroxyl groups excluding tert-OH is 1. The normalized spacial score (nSPS) is 10.5. The van der Waals surface area contributed by atoms with Crippen LogP contribution in [0.15, 0.2) is 39.5 Å². The Morgan fingerprint density at radius 1 is 1.27 bits per heavy atom. The Kier molecular flexibility index (Phi) is 2.69. The average Bonchev–Trinajstić information content (AvgIpc) is 2.25. The lowest BCUT2D eigenvalue weighted by molar-refractivity contribution is 0.311. The molecule has 0 bridgehead atoms. The summed E-state index contributed by atoms with van der Waals surface area (Å²) >= 11 is 0. The summed E-state index contributed by atoms with van der Waals surface area (Å²) in [4.78, 5) is 11.0. The molecule has 2 rings (SSSR count). The molecule has 0 amide bonds. The van der Waals surface area contributed by atoms with Crippen molar-refractivity contribution in [3.8, 4) is 0 Å². The summed E-state index contributed by atoms with van der Waals surface area (Å²) in [6.07, 6.45) is 0. The third kappa shape index (κ3) is 2.16. The minimum absolute atomic E-state index is 0.0662. The Bertz CT molecular complexity index is 518. The second-order valence-electron chi connectivity index (χ2n) is 3.16. The molecule has 0 saturated heterocycles. The fourth-order valence-electron chi connectivity index (χ4n) is 1.37. The number of nitrogens with one attached hydrogen (secondary N) is 1. The Balaban J connectivity index is 2.40. The Labute approximate surface area is 86.2 Å². The van der Waals surface area contributed by atoms with Crippen molar-refractivity contribution < 1.29 is 9.52 Å². The van der Waals surface area contributed by atoms with Gasteiger partial charge in [0.2, 0.25) is 0 Å². The van der Waals surface area contributed by atoms with Crippen LogP contribution in [0.4, 0.5) is 5.69 Å². The van der Waals surface area contributed by atoms with Crippen molar-refractivity contribution in [3.05, 3.63) is 40.8 Å². The molecule has 0 spiro atoms. The van der Waals surface area contributed by atoms with Gasteiger partial charge in [-0.1, -0.05) is 0 Å². The fourth-order valence-corrected chi connectivity index (χ4v) is 1.37. The second-order valence-corrected chi connectivity index (χ2v) is 3.16. The molecule has 0 saturated carbocycles. The van der Waals surface area contributed by atoms with Gasteiger partial charge in [-0.2, -0.15) is 0 Å². The number of rotatable bonds is 3. The number of benzene rings is 1. The van der Waals surface area contributed by atoms with E-state index in [9.17, 15) is 4.79 Å². The SMILES string of the molecule is O=c1ccc2ccc(NCCO)cc2o1. The van der Waals surface area contributed by atoms with Gasteiger partial charge in [-0.15, -0.1) is 0 Å². The summed E-state index contributed by atoms with van der Waals surface area (Å²) < 4.78 is 5.02. The Hall–Kier alpha value is -1.81. The van der Waals surface area contributed by atoms with E-state index >= 15 is 0 Å². The topological polar surface area (TPSA) is 62.5 Å². The molecule has 1 aromatic heterocycles. The first-order valence-corrected chi connectivity index (χ1v) is 4.68. The highest BCUT2D eigenvalue weighted by Gasteiger charge is 1.98. The largest absolute Gasteiger partial charge is 0.423 e. The van der Waals surface area contributed by atoms with Crippen molar-refractivity contribution in [2.75, 3.05) is 18.5 Å². The summed E-state index contributed by atoms with van der Waals surface area (Å²) in [7, 11) is 0. The molecule has 0 radical (unpaired) electrons. The van der Waals surface area contributed by atoms with Gasteiger partial charge in [0.15, 0.2) is 0 Å². The van der Waals surface area contributed by atoms with E-state index in [0.717, 1.165) is 11.1 Å². The van der Waals surface area contributed by atoms with Gasteiger partial charge >= 0.3 is 5.63 Å². The molecular formula is C11H11NO3. The van der Waals surface area contributed by atoms with Gasteiger partial charge in [-0.25, -0.2) is 4.79 Å². The number of aliphatic hydroxyl groups is 1. The van der Waals surface area contributed by atoms with Gasteiger partial charge in [-0.05, 0) is 18.2 Å². The third-order valence-electron chi connectivity index (χ3n) is 2.06. The molecule has 2 N–H and O–H groups in total. The number of anilines is 1. The maximum atomic E-state index is 11.0. The highest BCUT2D eigenvalue weighted by molar-refractivity contribution is 5.80. The molecule has 78 valence electrons. The van der Waals surface area contributed by atoms with Crippen LogP contribution in [0.1, 0.15) is 0 Å². The van der Waals surface area contributed by atoms with Crippen molar-refractivity contribution >= 4 is 16.7 Å². The van der Waals surface area contributed by atoms with E-state index in [0.29, 0.717) is 12.1 Å². The van der Waals surface area contributed by atoms with Crippen LogP contribution in [-0.2, 0) is 0 Å². The zero-order valence-corrected chi connectivity index (χ0v) is 8.06. The zero-order chi connectivity index (χ0) is 10.7. The highest BCUT2D eigenvalue weighted by atomic mass is 16.4. The molecule has 0 aliphatic heterocycles. The van der Waals surface area contributed by atoms with E-state index in [1.165, 1.54) is 6.07 Å². The van der Waals surface area contributed by atoms with Crippen LogP contribution >= 0.6 is 0 Å². The first-order chi connectivity index (χ1) is 7.29. The van der Waals surface area contributed by atoms with E-state index in [-0.39, 0.29) is 12.2 Å². The van der Waals surface area contributed by atoms with Crippen LogP contribution < -0.4 is 10.9 Å². The average molecular weight is 205 g/mol. The molecule has 4 nitrogen and oxygen atoms in total. The molecule has 2 aromatic rings. The van der Waals surface area contributed by atoms with E-state index in [1.807, 2.05) is 12.1 Å². The molecule has 1 heterocycles. The molecule has 0 unspecified atom stereocenters. The molecule has 0 aliphatic rings. The number of hydrogen-bond acceptors (Lipinski definition) is 4. The fraction of sp³-hybridized carbons (Fsp3) is 0.182. The zero-order valence-electron chi connectivity index (χ0n) is 8.06. The standard InChI is InChI=1S/C11H11NO3/c13-6-5-12-9-3-1-8-2-4-11(14)15-10(8)7-9/h1-4,7,12-13H,5-6H2. The van der Waals surface area contributed by atoms with E-state index in [1.54, 1.807) is 12.1 Å². The molecule has 0 atom stereocenters. The molecule has 0 fully saturated rings. The predicted molar refractivity (Wildman–Crippen MR) is 58.1 cm³/mol. The van der Waals surface area contributed by atoms with Crippen molar-refractivity contribution in [1.82, 2.24) is 0 Å². The predicted octanol–water partition coefficient (Wildman–Crippen LogP) is 1.20. The van der Waals surface area contributed by atoms with Crippen molar-refractivity contribution in [3.63, 3.8) is 0 Å². The second kappa shape index (κ2) is 4.14. The molecule has 0 aliphatic carbocycles. The Morgan fingerprint density at radius 3 is 2.87 bits per heavy atom. The van der Waals surface area contributed by atoms with Gasteiger partial charge < -0.3 is 14.8 Å². The van der Waals surface area contributed by atoms with E-state index < -0.39 is 0 Å². The van der Waals surface area contributed by atoms with Crippen molar-refractivity contribution in [1.29, 1.82) is 0 Å².